The fourth-order valence-electron chi connectivity index (χ4n) is 5.66. The molecule has 0 unspecified atom stereocenters. The monoisotopic (exact) mass is 484 g/mol. The normalized spacial score (nSPS) is 25.4. The van der Waals surface area contributed by atoms with Crippen molar-refractivity contribution in [3.63, 3.8) is 0 Å². The standard InChI is InChI=1S/C22H21FN6O6/c1-9-6-28-15-12(4-22(17(28)10(2)34-9)19(31)25-21(33)26-20(22)32)3-13-16(14(15)23)35-27-18(13)29-7-11(8-30)5-24-29/h3,5,7,9-10,17,30H,4,6,8H2,1-2H3,(H2,25,26,31,32,33)/t9-,10+,17-/m0/s1. The molecule has 0 aliphatic carbocycles. The summed E-state index contributed by atoms with van der Waals surface area (Å²) in [7, 11) is 0. The number of carbonyl (C=O) groups excluding carboxylic acids is 3. The second-order valence-corrected chi connectivity index (χ2v) is 9.17. The number of benzene rings is 1. The van der Waals surface area contributed by atoms with Gasteiger partial charge in [0.2, 0.25) is 23.2 Å². The van der Waals surface area contributed by atoms with Crippen LogP contribution in [-0.2, 0) is 27.4 Å². The van der Waals surface area contributed by atoms with Crippen LogP contribution in [0.25, 0.3) is 16.8 Å². The molecule has 0 radical (unpaired) electrons. The van der Waals surface area contributed by atoms with Gasteiger partial charge in [-0.1, -0.05) is 5.16 Å². The summed E-state index contributed by atoms with van der Waals surface area (Å²) in [5.74, 6) is -2.01. The molecule has 2 saturated heterocycles. The van der Waals surface area contributed by atoms with Crippen molar-refractivity contribution in [1.82, 2.24) is 25.6 Å². The summed E-state index contributed by atoms with van der Waals surface area (Å²) in [6.45, 7) is 3.51. The molecule has 2 fully saturated rings. The summed E-state index contributed by atoms with van der Waals surface area (Å²) < 4.78 is 28.7. The number of ether oxygens (including phenoxy) is 1. The van der Waals surface area contributed by atoms with Gasteiger partial charge in [-0.05, 0) is 25.5 Å². The number of barbiturate groups is 1. The zero-order valence-electron chi connectivity index (χ0n) is 18.7. The van der Waals surface area contributed by atoms with E-state index in [4.69, 9.17) is 9.26 Å². The third-order valence-electron chi connectivity index (χ3n) is 6.98. The van der Waals surface area contributed by atoms with E-state index in [1.807, 2.05) is 6.92 Å². The third-order valence-corrected chi connectivity index (χ3v) is 6.98. The SMILES string of the molecule is C[C@H]1CN2c3c(cc4c(-n5cc(CO)cn5)noc4c3F)CC3(C(=O)NC(=O)NC3=O)[C@@H]2[C@@H](C)O1. The number of aliphatic hydroxyl groups excluding tert-OH is 1. The lowest BCUT2D eigenvalue weighted by Gasteiger charge is -2.55. The number of aromatic nitrogens is 3. The van der Waals surface area contributed by atoms with Crippen LogP contribution < -0.4 is 15.5 Å². The fourth-order valence-corrected chi connectivity index (χ4v) is 5.66. The second kappa shape index (κ2) is 7.33. The number of nitrogens with one attached hydrogen (secondary N) is 2. The highest BCUT2D eigenvalue weighted by molar-refractivity contribution is 6.20. The van der Waals surface area contributed by atoms with E-state index in [1.54, 1.807) is 17.9 Å². The number of fused-ring (bicyclic) bond motifs is 5. The van der Waals surface area contributed by atoms with Crippen molar-refractivity contribution in [2.45, 2.75) is 45.1 Å². The molecule has 13 heteroatoms. The molecule has 1 aromatic carbocycles. The second-order valence-electron chi connectivity index (χ2n) is 9.17. The first kappa shape index (κ1) is 21.7. The van der Waals surface area contributed by atoms with Gasteiger partial charge in [-0.15, -0.1) is 0 Å². The number of imide groups is 2. The average molecular weight is 484 g/mol. The number of nitrogens with zero attached hydrogens (tertiary/aromatic N) is 4. The molecule has 3 aromatic rings. The lowest BCUT2D eigenvalue weighted by molar-refractivity contribution is -0.153. The van der Waals surface area contributed by atoms with Crippen molar-refractivity contribution >= 4 is 34.5 Å². The van der Waals surface area contributed by atoms with Crippen molar-refractivity contribution in [1.29, 1.82) is 0 Å². The van der Waals surface area contributed by atoms with Crippen LogP contribution >= 0.6 is 0 Å². The van der Waals surface area contributed by atoms with Crippen LogP contribution in [0.5, 0.6) is 0 Å². The van der Waals surface area contributed by atoms with Gasteiger partial charge in [-0.2, -0.15) is 5.10 Å². The highest BCUT2D eigenvalue weighted by Crippen LogP contribution is 2.49. The minimum atomic E-state index is -1.73. The predicted molar refractivity (Wildman–Crippen MR) is 116 cm³/mol. The Morgan fingerprint density at radius 1 is 1.26 bits per heavy atom. The number of hydrogen-bond acceptors (Lipinski definition) is 9. The molecule has 3 aliphatic rings. The van der Waals surface area contributed by atoms with Crippen LogP contribution in [0.2, 0.25) is 0 Å². The first-order valence-corrected chi connectivity index (χ1v) is 11.1. The molecular weight excluding hydrogens is 463 g/mol. The van der Waals surface area contributed by atoms with Crippen LogP contribution in [-0.4, -0.2) is 62.7 Å². The van der Waals surface area contributed by atoms with Crippen LogP contribution in [0, 0.1) is 11.2 Å². The van der Waals surface area contributed by atoms with Crippen molar-refractivity contribution < 1.29 is 33.1 Å². The highest BCUT2D eigenvalue weighted by Gasteiger charge is 2.63. The van der Waals surface area contributed by atoms with Crippen molar-refractivity contribution in [2.75, 3.05) is 11.4 Å². The van der Waals surface area contributed by atoms with E-state index in [2.05, 4.69) is 20.9 Å². The third kappa shape index (κ3) is 2.88. The number of carbonyl (C=O) groups is 3. The van der Waals surface area contributed by atoms with E-state index in [0.29, 0.717) is 11.1 Å². The molecule has 6 rings (SSSR count). The zero-order valence-corrected chi connectivity index (χ0v) is 18.7. The maximum atomic E-state index is 16.0. The number of hydrogen-bond donors (Lipinski definition) is 3. The van der Waals surface area contributed by atoms with Crippen molar-refractivity contribution in [3.05, 3.63) is 35.4 Å². The van der Waals surface area contributed by atoms with E-state index in [9.17, 15) is 19.5 Å². The molecule has 182 valence electrons. The molecule has 0 saturated carbocycles. The van der Waals surface area contributed by atoms with Gasteiger partial charge < -0.3 is 19.3 Å². The minimum Gasteiger partial charge on any atom is -0.392 e. The minimum absolute atomic E-state index is 0.103. The lowest BCUT2D eigenvalue weighted by atomic mass is 9.66. The van der Waals surface area contributed by atoms with Gasteiger partial charge in [-0.3, -0.25) is 20.2 Å². The summed E-state index contributed by atoms with van der Waals surface area (Å²) in [6.07, 6.45) is 1.86. The molecule has 4 amide bonds. The number of halogens is 1. The fraction of sp³-hybridized carbons (Fsp3) is 0.409. The number of amides is 4. The maximum absolute atomic E-state index is 16.0. The zero-order chi connectivity index (χ0) is 24.6. The van der Waals surface area contributed by atoms with E-state index in [1.165, 1.54) is 17.1 Å². The van der Waals surface area contributed by atoms with E-state index in [-0.39, 0.29) is 48.2 Å². The Balaban J connectivity index is 1.59. The molecule has 35 heavy (non-hydrogen) atoms. The van der Waals surface area contributed by atoms with Crippen molar-refractivity contribution in [3.8, 4) is 5.82 Å². The van der Waals surface area contributed by atoms with E-state index < -0.39 is 41.2 Å². The Morgan fingerprint density at radius 3 is 2.69 bits per heavy atom. The highest BCUT2D eigenvalue weighted by atomic mass is 19.1. The summed E-state index contributed by atoms with van der Waals surface area (Å²) >= 11 is 0. The van der Waals surface area contributed by atoms with Crippen LogP contribution in [0.4, 0.5) is 14.9 Å². The molecule has 3 aliphatic heterocycles. The number of morpholine rings is 1. The predicted octanol–water partition coefficient (Wildman–Crippen LogP) is 0.536. The van der Waals surface area contributed by atoms with Crippen LogP contribution in [0.3, 0.4) is 0 Å². The summed E-state index contributed by atoms with van der Waals surface area (Å²) in [5.41, 5.74) is -0.724. The number of urea groups is 1. The Morgan fingerprint density at radius 2 is 2.00 bits per heavy atom. The van der Waals surface area contributed by atoms with Gasteiger partial charge in [0.1, 0.15) is 0 Å². The first-order valence-electron chi connectivity index (χ1n) is 11.1. The quantitative estimate of drug-likeness (QED) is 0.443. The molecule has 12 nitrogen and oxygen atoms in total. The topological polar surface area (TPSA) is 152 Å². The Hall–Kier alpha value is -3.84. The molecule has 3 N–H and O–H groups in total. The number of aliphatic hydroxyl groups is 1. The molecule has 1 spiro atoms. The van der Waals surface area contributed by atoms with Gasteiger partial charge >= 0.3 is 6.03 Å². The van der Waals surface area contributed by atoms with Crippen LogP contribution in [0.1, 0.15) is 25.0 Å². The molecule has 5 heterocycles. The summed E-state index contributed by atoms with van der Waals surface area (Å²) in [6, 6.07) is -0.145. The van der Waals surface area contributed by atoms with Gasteiger partial charge in [0.05, 0.1) is 42.1 Å². The molecular formula is C22H21FN6O6. The van der Waals surface area contributed by atoms with Crippen molar-refractivity contribution in [2.24, 2.45) is 5.41 Å². The van der Waals surface area contributed by atoms with Gasteiger partial charge in [0, 0.05) is 24.7 Å². The number of rotatable bonds is 2. The molecule has 2 aromatic heterocycles. The van der Waals surface area contributed by atoms with E-state index in [0.717, 1.165) is 0 Å². The Bertz CT molecular complexity index is 1390. The summed E-state index contributed by atoms with van der Waals surface area (Å²) in [4.78, 5) is 40.1. The largest absolute Gasteiger partial charge is 0.392 e. The smallest absolute Gasteiger partial charge is 0.328 e. The lowest BCUT2D eigenvalue weighted by Crippen LogP contribution is -2.75. The first-order chi connectivity index (χ1) is 16.7. The maximum Gasteiger partial charge on any atom is 0.328 e. The van der Waals surface area contributed by atoms with Crippen LogP contribution in [0.15, 0.2) is 23.0 Å². The van der Waals surface area contributed by atoms with Gasteiger partial charge in [0.15, 0.2) is 11.2 Å². The molecule has 0 bridgehead atoms. The Kier molecular flexibility index (Phi) is 4.54. The Labute approximate surface area is 197 Å². The van der Waals surface area contributed by atoms with E-state index >= 15 is 4.39 Å². The number of anilines is 1. The average Bonchev–Trinajstić information content (AvgIpc) is 3.43. The van der Waals surface area contributed by atoms with Gasteiger partial charge in [0.25, 0.3) is 0 Å². The molecule has 3 atom stereocenters. The van der Waals surface area contributed by atoms with Gasteiger partial charge in [-0.25, -0.2) is 13.9 Å². The summed E-state index contributed by atoms with van der Waals surface area (Å²) in [5, 5.41) is 22.2.